The van der Waals surface area contributed by atoms with Crippen molar-refractivity contribution in [1.82, 2.24) is 4.57 Å². The molecule has 27 heavy (non-hydrogen) atoms. The summed E-state index contributed by atoms with van der Waals surface area (Å²) in [5, 5.41) is 1.99. The lowest BCUT2D eigenvalue weighted by atomic mass is 9.96. The van der Waals surface area contributed by atoms with Crippen molar-refractivity contribution in [2.75, 3.05) is 4.90 Å². The Kier molecular flexibility index (Phi) is 4.32. The number of rotatable bonds is 2. The third kappa shape index (κ3) is 2.53. The maximum atomic E-state index is 13.2. The molecule has 0 radical (unpaired) electrons. The first-order valence-corrected chi connectivity index (χ1v) is 9.59. The minimum absolute atomic E-state index is 0.0333. The number of nitrogens with zero attached hydrogens (tertiary/aromatic N) is 2. The molecule has 4 rings (SSSR count). The van der Waals surface area contributed by atoms with Gasteiger partial charge in [0.05, 0.1) is 21.8 Å². The number of fused-ring (bicyclic) bond motifs is 1. The topological polar surface area (TPSA) is 25.2 Å². The van der Waals surface area contributed by atoms with E-state index in [1.165, 1.54) is 0 Å². The van der Waals surface area contributed by atoms with E-state index in [0.717, 1.165) is 33.3 Å². The number of para-hydroxylation sites is 1. The minimum atomic E-state index is -0.209. The van der Waals surface area contributed by atoms with E-state index in [9.17, 15) is 4.79 Å². The number of carbonyl (C=O) groups is 1. The highest BCUT2D eigenvalue weighted by molar-refractivity contribution is 6.44. The second-order valence-corrected chi connectivity index (χ2v) is 7.82. The molecular formula is C22H20Cl2N2O. The Balaban J connectivity index is 2.02. The number of halogens is 2. The Hall–Kier alpha value is -2.23. The molecule has 1 aliphatic rings. The molecule has 0 saturated heterocycles. The molecule has 1 amide bonds. The smallest absolute Gasteiger partial charge is 0.254 e. The molecular weight excluding hydrogens is 379 g/mol. The molecule has 0 aliphatic carbocycles. The third-order valence-corrected chi connectivity index (χ3v) is 6.52. The normalized spacial score (nSPS) is 17.5. The van der Waals surface area contributed by atoms with Crippen molar-refractivity contribution < 1.29 is 4.79 Å². The molecule has 0 spiro atoms. The molecule has 0 fully saturated rings. The highest BCUT2D eigenvalue weighted by Crippen LogP contribution is 2.47. The second-order valence-electron chi connectivity index (χ2n) is 7.03. The number of aromatic nitrogens is 1. The Morgan fingerprint density at radius 1 is 0.963 bits per heavy atom. The zero-order chi connectivity index (χ0) is 19.5. The molecule has 2 heterocycles. The number of hydrogen-bond acceptors (Lipinski definition) is 1. The summed E-state index contributed by atoms with van der Waals surface area (Å²) in [5.74, 6) is -0.0333. The van der Waals surface area contributed by atoms with Gasteiger partial charge in [-0.3, -0.25) is 9.69 Å². The van der Waals surface area contributed by atoms with Crippen LogP contribution in [0.1, 0.15) is 31.1 Å². The van der Waals surface area contributed by atoms with Crippen LogP contribution in [0.5, 0.6) is 0 Å². The third-order valence-electron chi connectivity index (χ3n) is 5.71. The van der Waals surface area contributed by atoms with Crippen LogP contribution in [0.15, 0.2) is 53.6 Å². The van der Waals surface area contributed by atoms with Crippen molar-refractivity contribution in [3.8, 4) is 0 Å². The van der Waals surface area contributed by atoms with E-state index < -0.39 is 0 Å². The number of hydrogen-bond donors (Lipinski definition) is 0. The van der Waals surface area contributed by atoms with Crippen LogP contribution in [0.2, 0.25) is 10.0 Å². The maximum Gasteiger partial charge on any atom is 0.254 e. The second kappa shape index (κ2) is 6.43. The molecule has 1 unspecified atom stereocenters. The zero-order valence-corrected chi connectivity index (χ0v) is 17.2. The first-order valence-electron chi connectivity index (χ1n) is 8.83. The molecule has 1 aliphatic heterocycles. The van der Waals surface area contributed by atoms with E-state index in [1.807, 2.05) is 38.1 Å². The van der Waals surface area contributed by atoms with Crippen LogP contribution in [-0.4, -0.2) is 10.5 Å². The summed E-state index contributed by atoms with van der Waals surface area (Å²) in [6, 6.07) is 13.5. The first kappa shape index (κ1) is 18.1. The predicted molar refractivity (Wildman–Crippen MR) is 113 cm³/mol. The van der Waals surface area contributed by atoms with Crippen molar-refractivity contribution in [3.63, 3.8) is 0 Å². The van der Waals surface area contributed by atoms with Crippen LogP contribution in [0.3, 0.4) is 0 Å². The van der Waals surface area contributed by atoms with E-state index in [0.29, 0.717) is 15.7 Å². The van der Waals surface area contributed by atoms with Crippen LogP contribution in [0, 0.1) is 6.92 Å². The van der Waals surface area contributed by atoms with Gasteiger partial charge in [0.25, 0.3) is 5.91 Å². The zero-order valence-electron chi connectivity index (χ0n) is 15.7. The lowest BCUT2D eigenvalue weighted by Crippen LogP contribution is -2.30. The van der Waals surface area contributed by atoms with Crippen molar-refractivity contribution >= 4 is 45.7 Å². The highest BCUT2D eigenvalue weighted by Gasteiger charge is 2.40. The monoisotopic (exact) mass is 398 g/mol. The van der Waals surface area contributed by atoms with E-state index in [2.05, 4.69) is 30.7 Å². The average molecular weight is 399 g/mol. The Morgan fingerprint density at radius 3 is 2.41 bits per heavy atom. The minimum Gasteiger partial charge on any atom is -0.348 e. The summed E-state index contributed by atoms with van der Waals surface area (Å²) in [6.07, 6.45) is 0. The van der Waals surface area contributed by atoms with Crippen LogP contribution in [0.25, 0.3) is 10.9 Å². The fourth-order valence-corrected chi connectivity index (χ4v) is 4.42. The number of aryl methyl sites for hydroxylation is 1. The molecule has 1 aromatic heterocycles. The van der Waals surface area contributed by atoms with Crippen LogP contribution in [-0.2, 0) is 11.8 Å². The van der Waals surface area contributed by atoms with E-state index >= 15 is 0 Å². The summed E-state index contributed by atoms with van der Waals surface area (Å²) in [7, 11) is 2.06. The van der Waals surface area contributed by atoms with Gasteiger partial charge in [0.2, 0.25) is 0 Å². The Labute approximate surface area is 168 Å². The number of anilines is 1. The van der Waals surface area contributed by atoms with Crippen molar-refractivity contribution in [2.24, 2.45) is 7.05 Å². The lowest BCUT2D eigenvalue weighted by Gasteiger charge is -2.28. The van der Waals surface area contributed by atoms with Gasteiger partial charge in [-0.05, 0) is 44.5 Å². The number of benzene rings is 2. The van der Waals surface area contributed by atoms with Crippen molar-refractivity contribution in [2.45, 2.75) is 26.8 Å². The molecule has 1 atom stereocenters. The highest BCUT2D eigenvalue weighted by atomic mass is 35.5. The van der Waals surface area contributed by atoms with Gasteiger partial charge in [-0.25, -0.2) is 0 Å². The number of carbonyl (C=O) groups excluding carboxylic acids is 1. The summed E-state index contributed by atoms with van der Waals surface area (Å²) in [6.45, 7) is 6.00. The van der Waals surface area contributed by atoms with Crippen LogP contribution >= 0.6 is 23.2 Å². The van der Waals surface area contributed by atoms with E-state index in [4.69, 9.17) is 23.2 Å². The average Bonchev–Trinajstić information content (AvgIpc) is 3.03. The lowest BCUT2D eigenvalue weighted by molar-refractivity contribution is -0.114. The summed E-state index contributed by atoms with van der Waals surface area (Å²) >= 11 is 12.7. The van der Waals surface area contributed by atoms with Gasteiger partial charge in [0, 0.05) is 34.8 Å². The van der Waals surface area contributed by atoms with E-state index in [1.54, 1.807) is 11.0 Å². The maximum absolute atomic E-state index is 13.2. The molecule has 3 nitrogen and oxygen atoms in total. The van der Waals surface area contributed by atoms with Crippen molar-refractivity contribution in [3.05, 3.63) is 74.9 Å². The summed E-state index contributed by atoms with van der Waals surface area (Å²) in [5.41, 5.74) is 5.84. The Bertz CT molecular complexity index is 1130. The fraction of sp³-hybridized carbons (Fsp3) is 0.227. The molecule has 0 N–H and O–H groups in total. The van der Waals surface area contributed by atoms with Crippen molar-refractivity contribution in [1.29, 1.82) is 0 Å². The van der Waals surface area contributed by atoms with Crippen LogP contribution < -0.4 is 4.90 Å². The standard InChI is InChI=1S/C22H20Cl2N2O/c1-12-13(2)22(27)26(18-11-7-9-16(23)20(18)24)21(12)19-14(3)25(4)17-10-6-5-8-15(17)19/h5-11,21H,1-4H3. The van der Waals surface area contributed by atoms with Gasteiger partial charge in [-0.1, -0.05) is 47.5 Å². The quantitative estimate of drug-likeness (QED) is 0.502. The molecule has 138 valence electrons. The predicted octanol–water partition coefficient (Wildman–Crippen LogP) is 6.22. The van der Waals surface area contributed by atoms with Crippen LogP contribution in [0.4, 0.5) is 5.69 Å². The number of amides is 1. The first-order chi connectivity index (χ1) is 12.8. The molecule has 3 aromatic rings. The van der Waals surface area contributed by atoms with Gasteiger partial charge in [-0.2, -0.15) is 0 Å². The molecule has 5 heteroatoms. The van der Waals surface area contributed by atoms with Gasteiger partial charge in [0.1, 0.15) is 0 Å². The Morgan fingerprint density at radius 2 is 1.67 bits per heavy atom. The SMILES string of the molecule is CC1=C(C)C(c2c(C)n(C)c3ccccc23)N(c2cccc(Cl)c2Cl)C1=O. The van der Waals surface area contributed by atoms with Gasteiger partial charge >= 0.3 is 0 Å². The molecule has 0 bridgehead atoms. The largest absolute Gasteiger partial charge is 0.348 e. The van der Waals surface area contributed by atoms with E-state index in [-0.39, 0.29) is 11.9 Å². The van der Waals surface area contributed by atoms with Gasteiger partial charge in [-0.15, -0.1) is 0 Å². The van der Waals surface area contributed by atoms with Gasteiger partial charge in [0.15, 0.2) is 0 Å². The fourth-order valence-electron chi connectivity index (χ4n) is 4.03. The van der Waals surface area contributed by atoms with Gasteiger partial charge < -0.3 is 4.57 Å². The molecule has 0 saturated carbocycles. The summed E-state index contributed by atoms with van der Waals surface area (Å²) < 4.78 is 2.17. The summed E-state index contributed by atoms with van der Waals surface area (Å²) in [4.78, 5) is 15.0. The molecule has 2 aromatic carbocycles.